The van der Waals surface area contributed by atoms with Crippen molar-refractivity contribution in [3.8, 4) is 17.0 Å². The van der Waals surface area contributed by atoms with Crippen molar-refractivity contribution in [2.75, 3.05) is 13.2 Å². The Balaban J connectivity index is 1.66. The van der Waals surface area contributed by atoms with Crippen LogP contribution >= 0.6 is 0 Å². The summed E-state index contributed by atoms with van der Waals surface area (Å²) >= 11 is 0. The molecule has 0 bridgehead atoms. The molecule has 1 aromatic carbocycles. The van der Waals surface area contributed by atoms with E-state index in [4.69, 9.17) is 4.74 Å². The number of unbranched alkanes of at least 4 members (excludes halogenated alkanes) is 1. The van der Waals surface area contributed by atoms with Gasteiger partial charge in [0.05, 0.1) is 13.2 Å². The first-order chi connectivity index (χ1) is 16.8. The summed E-state index contributed by atoms with van der Waals surface area (Å²) in [4.78, 5) is 17.6. The maximum atomic E-state index is 13.1. The van der Waals surface area contributed by atoms with E-state index in [1.807, 2.05) is 30.3 Å². The van der Waals surface area contributed by atoms with Gasteiger partial charge in [0.25, 0.3) is 5.91 Å². The molecule has 5 nitrogen and oxygen atoms in total. The lowest BCUT2D eigenvalue weighted by Crippen LogP contribution is -2.25. The predicted octanol–water partition coefficient (Wildman–Crippen LogP) is 6.48. The highest BCUT2D eigenvalue weighted by atomic mass is 16.5. The Kier molecular flexibility index (Phi) is 9.67. The summed E-state index contributed by atoms with van der Waals surface area (Å²) in [7, 11) is 0. The van der Waals surface area contributed by atoms with Crippen molar-refractivity contribution in [3.63, 3.8) is 0 Å². The van der Waals surface area contributed by atoms with E-state index in [0.717, 1.165) is 36.0 Å². The van der Waals surface area contributed by atoms with Crippen LogP contribution in [0, 0.1) is 11.3 Å². The third-order valence-electron chi connectivity index (χ3n) is 6.17. The number of aliphatic hydroxyl groups is 1. The number of pyridine rings is 1. The Morgan fingerprint density at radius 2 is 2.03 bits per heavy atom. The number of hydrogen-bond acceptors (Lipinski definition) is 4. The molecule has 0 atom stereocenters. The van der Waals surface area contributed by atoms with Gasteiger partial charge < -0.3 is 15.2 Å². The fraction of sp³-hybridized carbons (Fsp3) is 0.467. The minimum atomic E-state index is -0.183. The highest BCUT2D eigenvalue weighted by Crippen LogP contribution is 2.31. The van der Waals surface area contributed by atoms with Crippen LogP contribution in [0.25, 0.3) is 11.1 Å². The first-order valence-electron chi connectivity index (χ1n) is 12.8. The van der Waals surface area contributed by atoms with Gasteiger partial charge in [-0.15, -0.1) is 0 Å². The van der Waals surface area contributed by atoms with Crippen molar-refractivity contribution in [1.82, 2.24) is 10.3 Å². The van der Waals surface area contributed by atoms with Crippen LogP contribution in [-0.4, -0.2) is 29.1 Å². The van der Waals surface area contributed by atoms with Crippen molar-refractivity contribution < 1.29 is 14.6 Å². The SMILES string of the molecule is CC/C=C(\C=C/CCCNC(=O)c1cc(-c2ccccc2CO)cnc1OCC1CC1)C(C)(C)C. The largest absolute Gasteiger partial charge is 0.477 e. The van der Waals surface area contributed by atoms with Crippen LogP contribution in [0.2, 0.25) is 0 Å². The summed E-state index contributed by atoms with van der Waals surface area (Å²) in [5.41, 5.74) is 4.36. The van der Waals surface area contributed by atoms with Crippen molar-refractivity contribution >= 4 is 5.91 Å². The van der Waals surface area contributed by atoms with Crippen molar-refractivity contribution in [1.29, 1.82) is 0 Å². The van der Waals surface area contributed by atoms with Crippen LogP contribution in [0.1, 0.15) is 75.7 Å². The van der Waals surface area contributed by atoms with E-state index < -0.39 is 0 Å². The van der Waals surface area contributed by atoms with Gasteiger partial charge in [-0.05, 0) is 66.2 Å². The van der Waals surface area contributed by atoms with Gasteiger partial charge in [0, 0.05) is 18.3 Å². The third-order valence-corrected chi connectivity index (χ3v) is 6.17. The van der Waals surface area contributed by atoms with E-state index >= 15 is 0 Å². The molecule has 1 amide bonds. The third kappa shape index (κ3) is 8.07. The van der Waals surface area contributed by atoms with Crippen LogP contribution < -0.4 is 10.1 Å². The van der Waals surface area contributed by atoms with E-state index in [2.05, 4.69) is 56.2 Å². The van der Waals surface area contributed by atoms with Crippen molar-refractivity contribution in [3.05, 3.63) is 71.5 Å². The van der Waals surface area contributed by atoms with Gasteiger partial charge in [-0.25, -0.2) is 4.98 Å². The predicted molar refractivity (Wildman–Crippen MR) is 142 cm³/mol. The summed E-state index contributed by atoms with van der Waals surface area (Å²) in [5.74, 6) is 0.755. The monoisotopic (exact) mass is 476 g/mol. The van der Waals surface area contributed by atoms with Crippen LogP contribution in [0.3, 0.4) is 0 Å². The summed E-state index contributed by atoms with van der Waals surface area (Å²) in [6.07, 6.45) is 13.5. The van der Waals surface area contributed by atoms with Gasteiger partial charge in [0.2, 0.25) is 5.88 Å². The molecule has 1 aliphatic carbocycles. The van der Waals surface area contributed by atoms with Gasteiger partial charge in [-0.1, -0.05) is 70.2 Å². The van der Waals surface area contributed by atoms with Crippen LogP contribution in [0.15, 0.2) is 60.3 Å². The van der Waals surface area contributed by atoms with Crippen LogP contribution in [0.4, 0.5) is 0 Å². The van der Waals surface area contributed by atoms with Gasteiger partial charge in [-0.2, -0.15) is 0 Å². The molecule has 0 spiro atoms. The smallest absolute Gasteiger partial charge is 0.256 e. The summed E-state index contributed by atoms with van der Waals surface area (Å²) < 4.78 is 5.92. The van der Waals surface area contributed by atoms with Gasteiger partial charge >= 0.3 is 0 Å². The lowest BCUT2D eigenvalue weighted by atomic mass is 9.85. The molecule has 1 fully saturated rings. The number of benzene rings is 1. The molecule has 3 rings (SSSR count). The van der Waals surface area contributed by atoms with Crippen LogP contribution in [-0.2, 0) is 6.61 Å². The van der Waals surface area contributed by atoms with Gasteiger partial charge in [-0.3, -0.25) is 4.79 Å². The Labute approximate surface area is 210 Å². The van der Waals surface area contributed by atoms with E-state index in [1.54, 1.807) is 6.20 Å². The molecule has 0 radical (unpaired) electrons. The maximum absolute atomic E-state index is 13.1. The highest BCUT2D eigenvalue weighted by molar-refractivity contribution is 5.97. The number of aliphatic hydroxyl groups excluding tert-OH is 1. The van der Waals surface area contributed by atoms with Crippen LogP contribution in [0.5, 0.6) is 5.88 Å². The molecule has 0 unspecified atom stereocenters. The molecular formula is C30H40N2O3. The Bertz CT molecular complexity index is 1050. The first kappa shape index (κ1) is 26.7. The highest BCUT2D eigenvalue weighted by Gasteiger charge is 2.24. The Hall–Kier alpha value is -2.92. The second-order valence-corrected chi connectivity index (χ2v) is 10.3. The minimum Gasteiger partial charge on any atom is -0.477 e. The lowest BCUT2D eigenvalue weighted by molar-refractivity contribution is 0.0948. The number of hydrogen-bond donors (Lipinski definition) is 2. The zero-order valence-electron chi connectivity index (χ0n) is 21.6. The second-order valence-electron chi connectivity index (χ2n) is 10.3. The molecule has 1 saturated carbocycles. The number of amides is 1. The molecule has 0 aliphatic heterocycles. The van der Waals surface area contributed by atoms with E-state index in [1.165, 1.54) is 18.4 Å². The quantitative estimate of drug-likeness (QED) is 0.272. The zero-order valence-corrected chi connectivity index (χ0v) is 21.6. The average molecular weight is 477 g/mol. The average Bonchev–Trinajstić information content (AvgIpc) is 3.68. The molecule has 0 saturated heterocycles. The topological polar surface area (TPSA) is 71.5 Å². The molecule has 35 heavy (non-hydrogen) atoms. The maximum Gasteiger partial charge on any atom is 0.256 e. The molecule has 188 valence electrons. The number of nitrogens with one attached hydrogen (secondary N) is 1. The fourth-order valence-corrected chi connectivity index (χ4v) is 3.87. The number of allylic oxidation sites excluding steroid dienone is 4. The normalized spacial score (nSPS) is 14.4. The van der Waals surface area contributed by atoms with E-state index in [0.29, 0.717) is 30.5 Å². The van der Waals surface area contributed by atoms with Gasteiger partial charge in [0.1, 0.15) is 5.56 Å². The molecular weight excluding hydrogens is 436 g/mol. The lowest BCUT2D eigenvalue weighted by Gasteiger charge is -2.20. The zero-order chi connectivity index (χ0) is 25.3. The number of nitrogens with zero attached hydrogens (tertiary/aromatic N) is 1. The Morgan fingerprint density at radius 1 is 1.26 bits per heavy atom. The molecule has 2 aromatic rings. The number of aromatic nitrogens is 1. The molecule has 1 aromatic heterocycles. The fourth-order valence-electron chi connectivity index (χ4n) is 3.87. The second kappa shape index (κ2) is 12.7. The van der Waals surface area contributed by atoms with Crippen molar-refractivity contribution in [2.24, 2.45) is 11.3 Å². The van der Waals surface area contributed by atoms with Gasteiger partial charge in [0.15, 0.2) is 0 Å². The summed E-state index contributed by atoms with van der Waals surface area (Å²) in [6, 6.07) is 9.44. The number of ether oxygens (including phenoxy) is 1. The number of carbonyl (C=O) groups is 1. The summed E-state index contributed by atoms with van der Waals surface area (Å²) in [6.45, 7) is 9.92. The first-order valence-corrected chi connectivity index (χ1v) is 12.8. The molecule has 1 heterocycles. The molecule has 5 heteroatoms. The standard InChI is InChI=1S/C30H40N2O3/c1-5-11-25(30(2,3)4)13-7-6-10-17-31-28(34)27-18-24(26-14-9-8-12-23(26)20-33)19-32-29(27)35-21-22-15-16-22/h7-9,11-14,18-19,22,33H,5-6,10,15-17,20-21H2,1-4H3,(H,31,34)/b13-7-,25-11+. The van der Waals surface area contributed by atoms with E-state index in [9.17, 15) is 9.90 Å². The molecule has 1 aliphatic rings. The minimum absolute atomic E-state index is 0.0739. The van der Waals surface area contributed by atoms with Crippen molar-refractivity contribution in [2.45, 2.75) is 66.4 Å². The number of carbonyl (C=O) groups excluding carboxylic acids is 1. The molecule has 2 N–H and O–H groups in total. The van der Waals surface area contributed by atoms with E-state index in [-0.39, 0.29) is 17.9 Å². The number of rotatable bonds is 12. The Morgan fingerprint density at radius 3 is 2.71 bits per heavy atom. The summed E-state index contributed by atoms with van der Waals surface area (Å²) in [5, 5.41) is 12.8.